The molecule has 0 saturated heterocycles. The number of ether oxygens (including phenoxy) is 2. The van der Waals surface area contributed by atoms with E-state index in [1.54, 1.807) is 12.1 Å². The van der Waals surface area contributed by atoms with Gasteiger partial charge in [0.25, 0.3) is 0 Å². The van der Waals surface area contributed by atoms with Crippen molar-refractivity contribution >= 4 is 18.2 Å². The zero-order valence-corrected chi connectivity index (χ0v) is 34.7. The van der Waals surface area contributed by atoms with Crippen LogP contribution in [0.15, 0.2) is 83.8 Å². The highest BCUT2D eigenvalue weighted by atomic mass is 127. The van der Waals surface area contributed by atoms with Crippen LogP contribution >= 0.6 is 0 Å². The van der Waals surface area contributed by atoms with E-state index in [0.29, 0.717) is 13.2 Å². The predicted octanol–water partition coefficient (Wildman–Crippen LogP) is 8.30. The molecule has 49 heavy (non-hydrogen) atoms. The Labute approximate surface area is 311 Å². The fraction of sp³-hybridized carbons (Fsp3) is 0.561. The van der Waals surface area contributed by atoms with Crippen molar-refractivity contribution in [1.29, 1.82) is 0 Å². The van der Waals surface area contributed by atoms with Gasteiger partial charge in [-0.1, -0.05) is 151 Å². The topological polar surface area (TPSA) is 75.7 Å². The van der Waals surface area contributed by atoms with Crippen LogP contribution < -0.4 is 25.9 Å². The van der Waals surface area contributed by atoms with Gasteiger partial charge in [0.05, 0.1) is 19.6 Å². The van der Waals surface area contributed by atoms with E-state index in [9.17, 15) is 13.0 Å². The van der Waals surface area contributed by atoms with Crippen LogP contribution in [0, 0.1) is 14.1 Å². The smallest absolute Gasteiger partial charge is 0.357 e. The summed E-state index contributed by atoms with van der Waals surface area (Å²) in [6.45, 7) is 11.3. The van der Waals surface area contributed by atoms with Gasteiger partial charge in [0.2, 0.25) is 0 Å². The number of rotatable bonds is 25. The Bertz CT molecular complexity index is 1320. The Hall–Kier alpha value is -1.72. The summed E-state index contributed by atoms with van der Waals surface area (Å²) in [4.78, 5) is -0.178. The van der Waals surface area contributed by atoms with Crippen molar-refractivity contribution < 1.29 is 43.6 Å². The minimum absolute atomic E-state index is 0.112. The van der Waals surface area contributed by atoms with Gasteiger partial charge < -0.3 is 14.0 Å². The van der Waals surface area contributed by atoms with Crippen molar-refractivity contribution in [2.24, 2.45) is 0 Å². The van der Waals surface area contributed by atoms with Gasteiger partial charge in [0.15, 0.2) is 7.14 Å². The summed E-state index contributed by atoms with van der Waals surface area (Å²) in [5.74, 6) is 0.951. The zero-order valence-electron chi connectivity index (χ0n) is 30.8. The molecular formula is C41H63IO5SSi. The molecule has 0 aliphatic carbocycles. The highest BCUT2D eigenvalue weighted by Gasteiger charge is 2.25. The maximum Gasteiger partial charge on any atom is 0.357 e. The fourth-order valence-corrected chi connectivity index (χ4v) is 12.5. The lowest BCUT2D eigenvalue weighted by Gasteiger charge is -2.28. The molecule has 0 heterocycles. The molecule has 0 unspecified atom stereocenters. The molecule has 3 rings (SSSR count). The van der Waals surface area contributed by atoms with Crippen LogP contribution in [0.2, 0.25) is 24.7 Å². The Morgan fingerprint density at radius 1 is 0.612 bits per heavy atom. The summed E-state index contributed by atoms with van der Waals surface area (Å²) in [5.41, 5.74) is 0.928. The van der Waals surface area contributed by atoms with Gasteiger partial charge in [-0.15, -0.1) is 0 Å². The van der Waals surface area contributed by atoms with E-state index in [1.807, 2.05) is 6.92 Å². The summed E-state index contributed by atoms with van der Waals surface area (Å²) in [6, 6.07) is 29.7. The Balaban J connectivity index is 0.000000639. The van der Waals surface area contributed by atoms with E-state index in [-0.39, 0.29) is 26.1 Å². The molecule has 0 N–H and O–H groups in total. The van der Waals surface area contributed by atoms with Crippen molar-refractivity contribution in [2.75, 3.05) is 19.8 Å². The number of benzene rings is 3. The largest absolute Gasteiger partial charge is 0.744 e. The molecule has 0 bridgehead atoms. The lowest BCUT2D eigenvalue weighted by molar-refractivity contribution is -0.597. The molecule has 274 valence electrons. The van der Waals surface area contributed by atoms with Gasteiger partial charge in [0.1, 0.15) is 22.5 Å². The first-order chi connectivity index (χ1) is 23.6. The first-order valence-corrected chi connectivity index (χ1v) is 25.4. The minimum Gasteiger partial charge on any atom is -0.744 e. The molecule has 0 aliphatic rings. The molecule has 0 spiro atoms. The third-order valence-electron chi connectivity index (χ3n) is 8.91. The van der Waals surface area contributed by atoms with Crippen molar-refractivity contribution in [3.05, 3.63) is 91.6 Å². The van der Waals surface area contributed by atoms with Crippen LogP contribution in [0.1, 0.15) is 103 Å². The van der Waals surface area contributed by atoms with Gasteiger partial charge in [-0.2, -0.15) is 0 Å². The van der Waals surface area contributed by atoms with E-state index < -0.39 is 18.2 Å². The summed E-state index contributed by atoms with van der Waals surface area (Å²) in [7, 11) is -5.42. The molecule has 3 aromatic carbocycles. The van der Waals surface area contributed by atoms with E-state index in [1.165, 1.54) is 121 Å². The normalized spacial score (nSPS) is 11.6. The van der Waals surface area contributed by atoms with Crippen LogP contribution in [0.25, 0.3) is 0 Å². The SMILES string of the molecule is CCCCCCCC[Si](C)(CCCCCCCC)CCCOCCOc1ccc([I+]c2ccccc2)cc1.Cc1ccc(S(=O)(=O)[O-])cc1. The van der Waals surface area contributed by atoms with Crippen LogP contribution in [-0.4, -0.2) is 40.9 Å². The van der Waals surface area contributed by atoms with Crippen LogP contribution in [0.5, 0.6) is 5.75 Å². The molecule has 3 aromatic rings. The first kappa shape index (κ1) is 43.4. The van der Waals surface area contributed by atoms with Crippen LogP contribution in [0.4, 0.5) is 0 Å². The molecule has 0 aliphatic heterocycles. The van der Waals surface area contributed by atoms with E-state index in [4.69, 9.17) is 9.47 Å². The van der Waals surface area contributed by atoms with E-state index in [0.717, 1.165) is 17.9 Å². The minimum atomic E-state index is -4.27. The zero-order chi connectivity index (χ0) is 35.6. The van der Waals surface area contributed by atoms with Crippen molar-refractivity contribution in [1.82, 2.24) is 0 Å². The molecule has 0 atom stereocenters. The number of unbranched alkanes of at least 4 members (excludes halogenated alkanes) is 10. The Morgan fingerprint density at radius 3 is 1.67 bits per heavy atom. The number of halogens is 1. The average Bonchev–Trinajstić information content (AvgIpc) is 3.09. The molecule has 8 heteroatoms. The maximum absolute atomic E-state index is 10.4. The molecule has 0 radical (unpaired) electrons. The Morgan fingerprint density at radius 2 is 1.12 bits per heavy atom. The number of aryl methyl sites for hydroxylation is 1. The highest BCUT2D eigenvalue weighted by Crippen LogP contribution is 2.29. The van der Waals surface area contributed by atoms with Crippen molar-refractivity contribution in [3.63, 3.8) is 0 Å². The van der Waals surface area contributed by atoms with Crippen LogP contribution in [0.3, 0.4) is 0 Å². The van der Waals surface area contributed by atoms with E-state index in [2.05, 4.69) is 75.0 Å². The molecule has 0 amide bonds. The van der Waals surface area contributed by atoms with Crippen molar-refractivity contribution in [2.45, 2.75) is 134 Å². The van der Waals surface area contributed by atoms with Gasteiger partial charge in [-0.25, -0.2) is 8.42 Å². The maximum atomic E-state index is 10.4. The van der Waals surface area contributed by atoms with Gasteiger partial charge in [0, 0.05) is 6.61 Å². The monoisotopic (exact) mass is 822 g/mol. The van der Waals surface area contributed by atoms with Gasteiger partial charge in [-0.05, 0) is 61.9 Å². The summed E-state index contributed by atoms with van der Waals surface area (Å²) >= 11 is -0.112. The molecule has 0 fully saturated rings. The lowest BCUT2D eigenvalue weighted by Crippen LogP contribution is -3.61. The molecule has 0 saturated carbocycles. The average molecular weight is 823 g/mol. The van der Waals surface area contributed by atoms with Gasteiger partial charge in [-0.3, -0.25) is 0 Å². The highest BCUT2D eigenvalue weighted by molar-refractivity contribution is 7.85. The second-order valence-corrected chi connectivity index (χ2v) is 23.1. The quantitative estimate of drug-likeness (QED) is 0.0372. The second kappa shape index (κ2) is 26.1. The molecular weight excluding hydrogens is 760 g/mol. The van der Waals surface area contributed by atoms with Crippen LogP contribution in [-0.2, 0) is 14.9 Å². The van der Waals surface area contributed by atoms with Crippen molar-refractivity contribution in [3.8, 4) is 5.75 Å². The summed E-state index contributed by atoms with van der Waals surface area (Å²) in [6.07, 6.45) is 18.3. The second-order valence-electron chi connectivity index (χ2n) is 13.5. The predicted molar refractivity (Wildman–Crippen MR) is 203 cm³/mol. The van der Waals surface area contributed by atoms with E-state index >= 15 is 0 Å². The summed E-state index contributed by atoms with van der Waals surface area (Å²) in [5, 5.41) is 0. The lowest BCUT2D eigenvalue weighted by atomic mass is 10.1. The number of hydrogen-bond acceptors (Lipinski definition) is 5. The number of hydrogen-bond donors (Lipinski definition) is 0. The first-order valence-electron chi connectivity index (χ1n) is 18.7. The third kappa shape index (κ3) is 21.3. The molecule has 5 nitrogen and oxygen atoms in total. The summed E-state index contributed by atoms with van der Waals surface area (Å²) < 4.78 is 46.0. The molecule has 0 aromatic heterocycles. The van der Waals surface area contributed by atoms with Gasteiger partial charge >= 0.3 is 21.2 Å². The Kier molecular flexibility index (Phi) is 23.1. The standard InChI is InChI=1S/C34H56IO2Si.C7H8O3S/c1-4-6-8-10-12-17-29-38(3,30-18-13-11-9-7-5-2)31-19-26-36-27-28-37-34-24-22-33(23-25-34)35-32-20-15-14-16-21-32;1-6-2-4-7(5-3-6)11(8,9)10/h14-16,20-25H,4-13,17-19,26-31H2,1-3H3;2-5H,1H3,(H,8,9,10)/q+1;/p-1. The third-order valence-corrected chi connectivity index (χ3v) is 17.1. The fourth-order valence-electron chi connectivity index (χ4n) is 5.86.